The van der Waals surface area contributed by atoms with Crippen LogP contribution in [0, 0.1) is 5.92 Å². The minimum Gasteiger partial charge on any atom is -0.426 e. The molecular formula is C9H16BF3N2O3. The van der Waals surface area contributed by atoms with Gasteiger partial charge < -0.3 is 14.9 Å². The number of hydrogen-bond acceptors (Lipinski definition) is 4. The average molecular weight is 268 g/mol. The summed E-state index contributed by atoms with van der Waals surface area (Å²) in [5.74, 6) is -1.78. The standard InChI is InChI=1S/C9H16BF3N2O3/c1-6(2)3-15-7(11)4-14(5-10(17)18)9(12,13)8(15)16/h6-7,17-18H,3-5H2,1-2H3. The summed E-state index contributed by atoms with van der Waals surface area (Å²) in [6, 6.07) is -3.92. The van der Waals surface area contributed by atoms with Gasteiger partial charge in [-0.05, 0) is 5.92 Å². The van der Waals surface area contributed by atoms with Gasteiger partial charge in [0.2, 0.25) is 0 Å². The van der Waals surface area contributed by atoms with Gasteiger partial charge in [0.15, 0.2) is 6.30 Å². The molecule has 1 amide bonds. The number of halogens is 3. The lowest BCUT2D eigenvalue weighted by Crippen LogP contribution is -2.66. The van der Waals surface area contributed by atoms with E-state index in [1.165, 1.54) is 0 Å². The average Bonchev–Trinajstić information content (AvgIpc) is 2.21. The van der Waals surface area contributed by atoms with Crippen LogP contribution in [-0.4, -0.2) is 64.7 Å². The van der Waals surface area contributed by atoms with Crippen LogP contribution in [0.1, 0.15) is 13.8 Å². The Morgan fingerprint density at radius 3 is 2.50 bits per heavy atom. The molecule has 1 saturated heterocycles. The predicted octanol–water partition coefficient (Wildman–Crippen LogP) is -0.313. The van der Waals surface area contributed by atoms with Crippen molar-refractivity contribution in [2.75, 3.05) is 19.5 Å². The fourth-order valence-corrected chi connectivity index (χ4v) is 1.81. The van der Waals surface area contributed by atoms with Crippen molar-refractivity contribution in [1.29, 1.82) is 0 Å². The topological polar surface area (TPSA) is 64.0 Å². The zero-order valence-corrected chi connectivity index (χ0v) is 10.2. The van der Waals surface area contributed by atoms with E-state index >= 15 is 0 Å². The van der Waals surface area contributed by atoms with Gasteiger partial charge in [0.05, 0.1) is 6.54 Å². The molecule has 0 bridgehead atoms. The SMILES string of the molecule is CC(C)CN1C(=O)C(F)(F)N(CB(O)O)CC1F. The van der Waals surface area contributed by atoms with Crippen molar-refractivity contribution >= 4 is 13.0 Å². The zero-order valence-electron chi connectivity index (χ0n) is 10.2. The highest BCUT2D eigenvalue weighted by Crippen LogP contribution is 2.30. The highest BCUT2D eigenvalue weighted by molar-refractivity contribution is 6.41. The quantitative estimate of drug-likeness (QED) is 0.542. The smallest absolute Gasteiger partial charge is 0.426 e. The highest BCUT2D eigenvalue weighted by Gasteiger charge is 2.55. The number of carbonyl (C=O) groups is 1. The Balaban J connectivity index is 2.86. The number of nitrogens with zero attached hydrogens (tertiary/aromatic N) is 2. The second-order valence-electron chi connectivity index (χ2n) is 4.71. The van der Waals surface area contributed by atoms with Crippen LogP contribution in [0.2, 0.25) is 0 Å². The fourth-order valence-electron chi connectivity index (χ4n) is 1.81. The van der Waals surface area contributed by atoms with Gasteiger partial charge in [0.1, 0.15) is 0 Å². The van der Waals surface area contributed by atoms with Crippen molar-refractivity contribution in [2.45, 2.75) is 26.2 Å². The van der Waals surface area contributed by atoms with Crippen LogP contribution in [0.3, 0.4) is 0 Å². The minimum absolute atomic E-state index is 0.106. The molecule has 1 aliphatic rings. The maximum atomic E-state index is 13.7. The first-order chi connectivity index (χ1) is 8.16. The Morgan fingerprint density at radius 2 is 2.06 bits per heavy atom. The molecule has 0 aromatic rings. The van der Waals surface area contributed by atoms with Gasteiger partial charge in [-0.2, -0.15) is 8.78 Å². The van der Waals surface area contributed by atoms with Gasteiger partial charge >= 0.3 is 19.1 Å². The van der Waals surface area contributed by atoms with Crippen LogP contribution in [0.5, 0.6) is 0 Å². The Labute approximate surface area is 103 Å². The molecule has 1 rings (SSSR count). The third kappa shape index (κ3) is 3.15. The van der Waals surface area contributed by atoms with Crippen molar-refractivity contribution in [3.63, 3.8) is 0 Å². The number of amides is 1. The summed E-state index contributed by atoms with van der Waals surface area (Å²) in [7, 11) is -2.05. The first-order valence-electron chi connectivity index (χ1n) is 5.60. The summed E-state index contributed by atoms with van der Waals surface area (Å²) in [6.45, 7) is 2.51. The number of carbonyl (C=O) groups excluding carboxylic acids is 1. The van der Waals surface area contributed by atoms with Gasteiger partial charge in [-0.3, -0.25) is 4.79 Å². The Bertz CT molecular complexity index is 317. The zero-order chi connectivity index (χ0) is 14.1. The van der Waals surface area contributed by atoms with Crippen molar-refractivity contribution in [1.82, 2.24) is 9.80 Å². The van der Waals surface area contributed by atoms with E-state index in [1.807, 2.05) is 0 Å². The summed E-state index contributed by atoms with van der Waals surface area (Å²) in [5, 5.41) is 17.3. The Morgan fingerprint density at radius 1 is 1.50 bits per heavy atom. The van der Waals surface area contributed by atoms with Crippen LogP contribution < -0.4 is 0 Å². The summed E-state index contributed by atoms with van der Waals surface area (Å²) < 4.78 is 41.0. The van der Waals surface area contributed by atoms with Crippen molar-refractivity contribution in [2.24, 2.45) is 5.92 Å². The van der Waals surface area contributed by atoms with Gasteiger partial charge in [-0.15, -0.1) is 0 Å². The Hall–Kier alpha value is -0.795. The highest BCUT2D eigenvalue weighted by atomic mass is 19.3. The maximum Gasteiger partial charge on any atom is 0.466 e. The van der Waals surface area contributed by atoms with Crippen LogP contribution in [0.15, 0.2) is 0 Å². The van der Waals surface area contributed by atoms with E-state index in [1.54, 1.807) is 13.8 Å². The molecule has 0 saturated carbocycles. The van der Waals surface area contributed by atoms with E-state index < -0.39 is 38.4 Å². The van der Waals surface area contributed by atoms with Crippen LogP contribution in [0.4, 0.5) is 13.2 Å². The second-order valence-corrected chi connectivity index (χ2v) is 4.71. The van der Waals surface area contributed by atoms with E-state index in [0.29, 0.717) is 4.90 Å². The first kappa shape index (κ1) is 15.3. The van der Waals surface area contributed by atoms with Crippen LogP contribution in [-0.2, 0) is 4.79 Å². The molecule has 9 heteroatoms. The lowest BCUT2D eigenvalue weighted by Gasteiger charge is -2.42. The van der Waals surface area contributed by atoms with Gasteiger partial charge in [0, 0.05) is 13.0 Å². The molecule has 18 heavy (non-hydrogen) atoms. The van der Waals surface area contributed by atoms with Gasteiger partial charge in [-0.25, -0.2) is 9.29 Å². The second kappa shape index (κ2) is 5.46. The largest absolute Gasteiger partial charge is 0.466 e. The molecule has 0 radical (unpaired) electrons. The number of hydrogen-bond donors (Lipinski definition) is 2. The molecule has 0 aromatic heterocycles. The molecular weight excluding hydrogens is 252 g/mol. The molecule has 1 heterocycles. The van der Waals surface area contributed by atoms with Gasteiger partial charge in [0.25, 0.3) is 0 Å². The molecule has 5 nitrogen and oxygen atoms in total. The number of piperazine rings is 1. The first-order valence-corrected chi connectivity index (χ1v) is 5.60. The molecule has 104 valence electrons. The van der Waals surface area contributed by atoms with E-state index in [0.717, 1.165) is 0 Å². The van der Waals surface area contributed by atoms with Crippen molar-refractivity contribution in [3.05, 3.63) is 0 Å². The van der Waals surface area contributed by atoms with Crippen LogP contribution in [0.25, 0.3) is 0 Å². The molecule has 0 aliphatic carbocycles. The molecule has 1 fully saturated rings. The number of rotatable bonds is 4. The lowest BCUT2D eigenvalue weighted by atomic mass is 9.90. The monoisotopic (exact) mass is 268 g/mol. The predicted molar refractivity (Wildman–Crippen MR) is 58.2 cm³/mol. The summed E-state index contributed by atoms with van der Waals surface area (Å²) in [6.07, 6.45) is -2.76. The van der Waals surface area contributed by atoms with Gasteiger partial charge in [-0.1, -0.05) is 13.8 Å². The maximum absolute atomic E-state index is 13.7. The third-order valence-corrected chi connectivity index (χ3v) is 2.57. The van der Waals surface area contributed by atoms with Crippen molar-refractivity contribution < 1.29 is 28.0 Å². The summed E-state index contributed by atoms with van der Waals surface area (Å²) in [5.41, 5.74) is 0. The Kier molecular flexibility index (Phi) is 4.63. The van der Waals surface area contributed by atoms with Crippen LogP contribution >= 0.6 is 0 Å². The molecule has 1 atom stereocenters. The van der Waals surface area contributed by atoms with Crippen molar-refractivity contribution in [3.8, 4) is 0 Å². The molecule has 1 unspecified atom stereocenters. The fraction of sp³-hybridized carbons (Fsp3) is 0.889. The molecule has 0 spiro atoms. The summed E-state index contributed by atoms with van der Waals surface area (Å²) in [4.78, 5) is 12.1. The molecule has 1 aliphatic heterocycles. The molecule has 0 aromatic carbocycles. The van der Waals surface area contributed by atoms with E-state index in [4.69, 9.17) is 10.0 Å². The normalized spacial score (nSPS) is 24.8. The third-order valence-electron chi connectivity index (χ3n) is 2.57. The van der Waals surface area contributed by atoms with E-state index in [9.17, 15) is 18.0 Å². The molecule has 2 N–H and O–H groups in total. The van der Waals surface area contributed by atoms with E-state index in [2.05, 4.69) is 0 Å². The summed E-state index contributed by atoms with van der Waals surface area (Å²) >= 11 is 0. The number of alkyl halides is 3. The minimum atomic E-state index is -3.92. The lowest BCUT2D eigenvalue weighted by molar-refractivity contribution is -0.215. The van der Waals surface area contributed by atoms with E-state index in [-0.39, 0.29) is 17.4 Å².